The number of hydrogen-bond acceptors (Lipinski definition) is 3. The van der Waals surface area contributed by atoms with Crippen molar-refractivity contribution in [3.63, 3.8) is 0 Å². The highest BCUT2D eigenvalue weighted by molar-refractivity contribution is 5.91. The standard InChI is InChI=1S/C16H17N3O2/c20-16(21)11-3-1-2-4-13(11)19-14-7-8-17-9-12(14)15(18-19)10-5-6-10/h1-4,10,17H,5-9H2,(H,20,21). The quantitative estimate of drug-likeness (QED) is 0.905. The summed E-state index contributed by atoms with van der Waals surface area (Å²) in [6, 6.07) is 7.11. The molecule has 1 fully saturated rings. The third-order valence-corrected chi connectivity index (χ3v) is 4.29. The molecule has 5 heteroatoms. The van der Waals surface area contributed by atoms with Crippen LogP contribution in [0.25, 0.3) is 5.69 Å². The summed E-state index contributed by atoms with van der Waals surface area (Å²) < 4.78 is 1.87. The van der Waals surface area contributed by atoms with Gasteiger partial charge >= 0.3 is 5.97 Å². The Balaban J connectivity index is 1.91. The van der Waals surface area contributed by atoms with E-state index in [1.165, 1.54) is 24.1 Å². The molecule has 0 atom stereocenters. The van der Waals surface area contributed by atoms with Crippen LogP contribution in [-0.4, -0.2) is 27.4 Å². The Morgan fingerprint density at radius 1 is 1.33 bits per heavy atom. The van der Waals surface area contributed by atoms with Crippen molar-refractivity contribution in [2.45, 2.75) is 31.7 Å². The molecule has 1 aromatic heterocycles. The second-order valence-electron chi connectivity index (χ2n) is 5.75. The zero-order valence-electron chi connectivity index (χ0n) is 11.7. The Morgan fingerprint density at radius 3 is 2.90 bits per heavy atom. The predicted molar refractivity (Wildman–Crippen MR) is 77.9 cm³/mol. The maximum absolute atomic E-state index is 11.5. The van der Waals surface area contributed by atoms with E-state index in [4.69, 9.17) is 5.10 Å². The van der Waals surface area contributed by atoms with Gasteiger partial charge in [-0.2, -0.15) is 5.10 Å². The molecule has 0 unspecified atom stereocenters. The van der Waals surface area contributed by atoms with Gasteiger partial charge in [0.1, 0.15) is 0 Å². The van der Waals surface area contributed by atoms with E-state index < -0.39 is 5.97 Å². The van der Waals surface area contributed by atoms with Crippen LogP contribution in [-0.2, 0) is 13.0 Å². The number of aromatic carboxylic acids is 1. The largest absolute Gasteiger partial charge is 0.478 e. The van der Waals surface area contributed by atoms with Crippen LogP contribution in [0.4, 0.5) is 0 Å². The maximum atomic E-state index is 11.5. The van der Waals surface area contributed by atoms with Crippen molar-refractivity contribution in [1.82, 2.24) is 15.1 Å². The van der Waals surface area contributed by atoms with Gasteiger partial charge in [0.2, 0.25) is 0 Å². The lowest BCUT2D eigenvalue weighted by atomic mass is 10.0. The normalized spacial score (nSPS) is 17.5. The van der Waals surface area contributed by atoms with Crippen molar-refractivity contribution in [3.05, 3.63) is 46.8 Å². The number of benzene rings is 1. The van der Waals surface area contributed by atoms with Gasteiger partial charge in [-0.1, -0.05) is 12.1 Å². The Labute approximate surface area is 122 Å². The summed E-state index contributed by atoms with van der Waals surface area (Å²) in [6.45, 7) is 1.76. The van der Waals surface area contributed by atoms with Gasteiger partial charge in [-0.05, 0) is 25.0 Å². The van der Waals surface area contributed by atoms with Gasteiger partial charge < -0.3 is 10.4 Å². The summed E-state index contributed by atoms with van der Waals surface area (Å²) >= 11 is 0. The van der Waals surface area contributed by atoms with E-state index in [0.717, 1.165) is 25.2 Å². The molecule has 2 N–H and O–H groups in total. The van der Waals surface area contributed by atoms with Gasteiger partial charge in [0.05, 0.1) is 22.6 Å². The molecule has 0 spiro atoms. The average Bonchev–Trinajstić information content (AvgIpc) is 3.28. The fourth-order valence-corrected chi connectivity index (χ4v) is 3.10. The van der Waals surface area contributed by atoms with Gasteiger partial charge in [0.15, 0.2) is 0 Å². The summed E-state index contributed by atoms with van der Waals surface area (Å²) in [4.78, 5) is 11.5. The molecule has 5 nitrogen and oxygen atoms in total. The number of nitrogens with zero attached hydrogens (tertiary/aromatic N) is 2. The first kappa shape index (κ1) is 12.6. The van der Waals surface area contributed by atoms with Crippen LogP contribution >= 0.6 is 0 Å². The number of hydrogen-bond donors (Lipinski definition) is 2. The van der Waals surface area contributed by atoms with Crippen LogP contribution in [0.3, 0.4) is 0 Å². The van der Waals surface area contributed by atoms with Crippen molar-refractivity contribution in [3.8, 4) is 5.69 Å². The molecule has 1 aliphatic carbocycles. The zero-order valence-corrected chi connectivity index (χ0v) is 11.7. The Morgan fingerprint density at radius 2 is 2.14 bits per heavy atom. The lowest BCUT2D eigenvalue weighted by Crippen LogP contribution is -2.25. The maximum Gasteiger partial charge on any atom is 0.337 e. The Hall–Kier alpha value is -2.14. The number of rotatable bonds is 3. The van der Waals surface area contributed by atoms with Crippen molar-refractivity contribution in [2.75, 3.05) is 6.54 Å². The molecule has 2 aromatic rings. The van der Waals surface area contributed by atoms with Crippen molar-refractivity contribution >= 4 is 5.97 Å². The minimum Gasteiger partial charge on any atom is -0.478 e. The van der Waals surface area contributed by atoms with Crippen molar-refractivity contribution in [1.29, 1.82) is 0 Å². The Bertz CT molecular complexity index is 716. The molecule has 4 rings (SSSR count). The lowest BCUT2D eigenvalue weighted by Gasteiger charge is -2.16. The molecule has 0 amide bonds. The lowest BCUT2D eigenvalue weighted by molar-refractivity contribution is 0.0696. The number of carbonyl (C=O) groups is 1. The number of carboxylic acid groups (broad SMARTS) is 1. The van der Waals surface area contributed by atoms with E-state index in [-0.39, 0.29) is 0 Å². The van der Waals surface area contributed by atoms with E-state index in [9.17, 15) is 9.90 Å². The zero-order chi connectivity index (χ0) is 14.4. The smallest absolute Gasteiger partial charge is 0.337 e. The first-order valence-electron chi connectivity index (χ1n) is 7.40. The second kappa shape index (κ2) is 4.70. The molecule has 0 radical (unpaired) electrons. The molecule has 108 valence electrons. The summed E-state index contributed by atoms with van der Waals surface area (Å²) in [7, 11) is 0. The van der Waals surface area contributed by atoms with Crippen LogP contribution in [0.2, 0.25) is 0 Å². The molecule has 1 aliphatic heterocycles. The molecular weight excluding hydrogens is 266 g/mol. The highest BCUT2D eigenvalue weighted by atomic mass is 16.4. The van der Waals surface area contributed by atoms with E-state index in [1.54, 1.807) is 12.1 Å². The number of para-hydroxylation sites is 1. The summed E-state index contributed by atoms with van der Waals surface area (Å²) in [6.07, 6.45) is 3.29. The topological polar surface area (TPSA) is 67.1 Å². The number of carboxylic acids is 1. The highest BCUT2D eigenvalue weighted by Gasteiger charge is 2.33. The third kappa shape index (κ3) is 2.05. The highest BCUT2D eigenvalue weighted by Crippen LogP contribution is 2.42. The average molecular weight is 283 g/mol. The van der Waals surface area contributed by atoms with Crippen LogP contribution in [0, 0.1) is 0 Å². The fourth-order valence-electron chi connectivity index (χ4n) is 3.10. The molecule has 0 bridgehead atoms. The Kier molecular flexibility index (Phi) is 2.82. The van der Waals surface area contributed by atoms with Crippen LogP contribution in [0.15, 0.2) is 24.3 Å². The van der Waals surface area contributed by atoms with Gasteiger partial charge in [-0.15, -0.1) is 0 Å². The predicted octanol–water partition coefficient (Wildman–Crippen LogP) is 2.09. The van der Waals surface area contributed by atoms with E-state index in [0.29, 0.717) is 17.2 Å². The number of nitrogens with one attached hydrogen (secondary N) is 1. The molecule has 21 heavy (non-hydrogen) atoms. The minimum absolute atomic E-state index is 0.309. The van der Waals surface area contributed by atoms with Gasteiger partial charge in [-0.3, -0.25) is 0 Å². The molecule has 1 aromatic carbocycles. The number of aromatic nitrogens is 2. The van der Waals surface area contributed by atoms with E-state index in [2.05, 4.69) is 5.32 Å². The summed E-state index contributed by atoms with van der Waals surface area (Å²) in [5.74, 6) is -0.339. The monoisotopic (exact) mass is 283 g/mol. The molecule has 0 saturated heterocycles. The second-order valence-corrected chi connectivity index (χ2v) is 5.75. The van der Waals surface area contributed by atoms with Crippen LogP contribution in [0.5, 0.6) is 0 Å². The first-order chi connectivity index (χ1) is 10.3. The third-order valence-electron chi connectivity index (χ3n) is 4.29. The molecular formula is C16H17N3O2. The van der Waals surface area contributed by atoms with Crippen LogP contribution < -0.4 is 5.32 Å². The van der Waals surface area contributed by atoms with Crippen molar-refractivity contribution < 1.29 is 9.90 Å². The van der Waals surface area contributed by atoms with Crippen molar-refractivity contribution in [2.24, 2.45) is 0 Å². The molecule has 2 aliphatic rings. The fraction of sp³-hybridized carbons (Fsp3) is 0.375. The SMILES string of the molecule is O=C(O)c1ccccc1-n1nc(C2CC2)c2c1CCNC2. The molecule has 1 saturated carbocycles. The summed E-state index contributed by atoms with van der Waals surface area (Å²) in [5, 5.41) is 17.6. The van der Waals surface area contributed by atoms with E-state index in [1.807, 2.05) is 16.8 Å². The van der Waals surface area contributed by atoms with Crippen LogP contribution in [0.1, 0.15) is 46.1 Å². The summed E-state index contributed by atoms with van der Waals surface area (Å²) in [5.41, 5.74) is 4.60. The van der Waals surface area contributed by atoms with Gasteiger partial charge in [0, 0.05) is 31.0 Å². The number of fused-ring (bicyclic) bond motifs is 1. The van der Waals surface area contributed by atoms with Gasteiger partial charge in [0.25, 0.3) is 0 Å². The first-order valence-corrected chi connectivity index (χ1v) is 7.40. The minimum atomic E-state index is -0.906. The van der Waals surface area contributed by atoms with Gasteiger partial charge in [-0.25, -0.2) is 9.48 Å². The van der Waals surface area contributed by atoms with E-state index >= 15 is 0 Å². The molecule has 2 heterocycles.